The summed E-state index contributed by atoms with van der Waals surface area (Å²) in [6, 6.07) is 16.2. The summed E-state index contributed by atoms with van der Waals surface area (Å²) >= 11 is 3.25. The molecule has 0 radical (unpaired) electrons. The van der Waals surface area contributed by atoms with Gasteiger partial charge in [0.05, 0.1) is 16.0 Å². The number of para-hydroxylation sites is 1. The predicted octanol–water partition coefficient (Wildman–Crippen LogP) is 3.87. The molecule has 2 N–H and O–H groups in total. The van der Waals surface area contributed by atoms with Crippen LogP contribution in [-0.2, 0) is 5.75 Å². The van der Waals surface area contributed by atoms with Crippen molar-refractivity contribution < 1.29 is 0 Å². The molecule has 0 spiro atoms. The fraction of sp³-hybridized carbons (Fsp3) is 0.118. The van der Waals surface area contributed by atoms with E-state index in [2.05, 4.69) is 21.2 Å². The smallest absolute Gasteiger partial charge is 0.210 e. The Hall–Kier alpha value is -2.38. The Morgan fingerprint density at radius 2 is 1.88 bits per heavy atom. The van der Waals surface area contributed by atoms with Crippen LogP contribution < -0.4 is 5.84 Å². The Labute approximate surface area is 147 Å². The summed E-state index contributed by atoms with van der Waals surface area (Å²) in [7, 11) is 0. The van der Waals surface area contributed by atoms with Crippen LogP contribution >= 0.6 is 23.1 Å². The van der Waals surface area contributed by atoms with Crippen molar-refractivity contribution in [1.29, 1.82) is 0 Å². The van der Waals surface area contributed by atoms with E-state index in [1.165, 1.54) is 4.70 Å². The van der Waals surface area contributed by atoms with Crippen LogP contribution in [0.5, 0.6) is 0 Å². The van der Waals surface area contributed by atoms with Gasteiger partial charge in [-0.1, -0.05) is 48.2 Å². The van der Waals surface area contributed by atoms with E-state index >= 15 is 0 Å². The molecule has 0 aliphatic heterocycles. The lowest BCUT2D eigenvalue weighted by atomic mass is 10.1. The number of benzene rings is 2. The Bertz CT molecular complexity index is 972. The third-order valence-electron chi connectivity index (χ3n) is 3.71. The van der Waals surface area contributed by atoms with Gasteiger partial charge < -0.3 is 5.84 Å². The quantitative estimate of drug-likeness (QED) is 0.445. The summed E-state index contributed by atoms with van der Waals surface area (Å²) in [5.41, 5.74) is 3.16. The topological polar surface area (TPSA) is 69.6 Å². The minimum Gasteiger partial charge on any atom is -0.335 e. The number of nitrogens with two attached hydrogens (primary N) is 1. The van der Waals surface area contributed by atoms with Crippen LogP contribution in [0.15, 0.2) is 53.7 Å². The van der Waals surface area contributed by atoms with E-state index < -0.39 is 0 Å². The zero-order valence-corrected chi connectivity index (χ0v) is 14.6. The summed E-state index contributed by atoms with van der Waals surface area (Å²) in [6.45, 7) is 2.04. The predicted molar refractivity (Wildman–Crippen MR) is 99.5 cm³/mol. The molecule has 2 heterocycles. The van der Waals surface area contributed by atoms with Gasteiger partial charge >= 0.3 is 0 Å². The number of aryl methyl sites for hydroxylation is 1. The summed E-state index contributed by atoms with van der Waals surface area (Å²) in [6.07, 6.45) is 0. The summed E-state index contributed by atoms with van der Waals surface area (Å²) in [5, 5.41) is 10.2. The van der Waals surface area contributed by atoms with Crippen LogP contribution in [0.1, 0.15) is 10.6 Å². The highest BCUT2D eigenvalue weighted by Crippen LogP contribution is 2.29. The van der Waals surface area contributed by atoms with Crippen molar-refractivity contribution in [2.75, 3.05) is 5.84 Å². The lowest BCUT2D eigenvalue weighted by Gasteiger charge is -2.05. The summed E-state index contributed by atoms with van der Waals surface area (Å²) < 4.78 is 2.75. The van der Waals surface area contributed by atoms with Gasteiger partial charge in [-0.3, -0.25) is 0 Å². The molecule has 0 aliphatic carbocycles. The first-order chi connectivity index (χ1) is 11.7. The van der Waals surface area contributed by atoms with Gasteiger partial charge in [0, 0.05) is 5.56 Å². The van der Waals surface area contributed by atoms with Crippen molar-refractivity contribution >= 4 is 33.3 Å². The number of nitrogens with zero attached hydrogens (tertiary/aromatic N) is 4. The third kappa shape index (κ3) is 2.76. The molecule has 0 saturated heterocycles. The van der Waals surface area contributed by atoms with Gasteiger partial charge in [-0.2, -0.15) is 0 Å². The van der Waals surface area contributed by atoms with Gasteiger partial charge in [0.15, 0.2) is 5.82 Å². The van der Waals surface area contributed by atoms with Gasteiger partial charge in [-0.05, 0) is 24.6 Å². The van der Waals surface area contributed by atoms with Gasteiger partial charge in [0.1, 0.15) is 5.01 Å². The highest BCUT2D eigenvalue weighted by molar-refractivity contribution is 7.98. The van der Waals surface area contributed by atoms with E-state index in [0.29, 0.717) is 11.0 Å². The molecule has 0 saturated carbocycles. The Kier molecular flexibility index (Phi) is 3.95. The molecule has 0 unspecified atom stereocenters. The Morgan fingerprint density at radius 1 is 1.08 bits per heavy atom. The monoisotopic (exact) mass is 353 g/mol. The normalized spacial score (nSPS) is 11.2. The van der Waals surface area contributed by atoms with Crippen LogP contribution in [0.4, 0.5) is 0 Å². The number of rotatable bonds is 4. The molecule has 4 rings (SSSR count). The van der Waals surface area contributed by atoms with Crippen molar-refractivity contribution in [3.05, 3.63) is 59.1 Å². The number of hydrogen-bond donors (Lipinski definition) is 1. The van der Waals surface area contributed by atoms with Crippen molar-refractivity contribution in [2.45, 2.75) is 17.8 Å². The number of aromatic nitrogens is 4. The van der Waals surface area contributed by atoms with Crippen molar-refractivity contribution in [1.82, 2.24) is 19.9 Å². The fourth-order valence-electron chi connectivity index (χ4n) is 2.49. The van der Waals surface area contributed by atoms with E-state index in [1.807, 2.05) is 49.4 Å². The van der Waals surface area contributed by atoms with E-state index in [1.54, 1.807) is 27.8 Å². The Morgan fingerprint density at radius 3 is 2.71 bits per heavy atom. The molecule has 0 bridgehead atoms. The zero-order chi connectivity index (χ0) is 16.5. The number of fused-ring (bicyclic) bond motifs is 1. The lowest BCUT2D eigenvalue weighted by Crippen LogP contribution is -2.12. The average molecular weight is 353 g/mol. The second-order valence-corrected chi connectivity index (χ2v) is 7.41. The Balaban J connectivity index is 1.56. The van der Waals surface area contributed by atoms with Gasteiger partial charge in [0.25, 0.3) is 0 Å². The standard InChI is InChI=1S/C17H15N5S2/c1-11-6-2-3-7-12(11)16-20-21-17(22(16)18)23-10-15-19-13-8-4-5-9-14(13)24-15/h2-9H,10,18H2,1H3. The summed E-state index contributed by atoms with van der Waals surface area (Å²) in [4.78, 5) is 4.64. The maximum absolute atomic E-state index is 6.20. The number of hydrogen-bond acceptors (Lipinski definition) is 6. The molecule has 5 nitrogen and oxygen atoms in total. The molecular weight excluding hydrogens is 338 g/mol. The van der Waals surface area contributed by atoms with Crippen molar-refractivity contribution in [2.24, 2.45) is 0 Å². The van der Waals surface area contributed by atoms with Crippen LogP contribution in [0.2, 0.25) is 0 Å². The molecule has 2 aromatic carbocycles. The average Bonchev–Trinajstić information content (AvgIpc) is 3.17. The van der Waals surface area contributed by atoms with Crippen LogP contribution in [-0.4, -0.2) is 19.9 Å². The number of thioether (sulfide) groups is 1. The van der Waals surface area contributed by atoms with Gasteiger partial charge in [0.2, 0.25) is 5.16 Å². The first-order valence-corrected chi connectivity index (χ1v) is 9.26. The van der Waals surface area contributed by atoms with Crippen molar-refractivity contribution in [3.63, 3.8) is 0 Å². The first kappa shape index (κ1) is 15.2. The molecular formula is C17H15N5S2. The molecule has 0 aliphatic rings. The molecule has 7 heteroatoms. The molecule has 2 aromatic heterocycles. The fourth-order valence-corrected chi connectivity index (χ4v) is 4.31. The van der Waals surface area contributed by atoms with E-state index in [0.717, 1.165) is 27.4 Å². The highest BCUT2D eigenvalue weighted by atomic mass is 32.2. The minimum absolute atomic E-state index is 0.680. The molecule has 4 aromatic rings. The molecule has 0 atom stereocenters. The van der Waals surface area contributed by atoms with E-state index in [4.69, 9.17) is 5.84 Å². The summed E-state index contributed by atoms with van der Waals surface area (Å²) in [5.74, 6) is 7.60. The van der Waals surface area contributed by atoms with Gasteiger partial charge in [-0.25, -0.2) is 9.66 Å². The first-order valence-electron chi connectivity index (χ1n) is 7.46. The second-order valence-electron chi connectivity index (χ2n) is 5.36. The van der Waals surface area contributed by atoms with Crippen LogP contribution in [0.25, 0.3) is 21.6 Å². The van der Waals surface area contributed by atoms with Crippen molar-refractivity contribution in [3.8, 4) is 11.4 Å². The number of thiazole rings is 1. The molecule has 0 fully saturated rings. The number of nitrogen functional groups attached to an aromatic ring is 1. The second kappa shape index (κ2) is 6.26. The maximum atomic E-state index is 6.20. The maximum Gasteiger partial charge on any atom is 0.210 e. The SMILES string of the molecule is Cc1ccccc1-c1nnc(SCc2nc3ccccc3s2)n1N. The van der Waals surface area contributed by atoms with E-state index in [9.17, 15) is 0 Å². The minimum atomic E-state index is 0.680. The van der Waals surface area contributed by atoms with Gasteiger partial charge in [-0.15, -0.1) is 21.5 Å². The molecule has 24 heavy (non-hydrogen) atoms. The van der Waals surface area contributed by atoms with E-state index in [-0.39, 0.29) is 0 Å². The largest absolute Gasteiger partial charge is 0.335 e. The van der Waals surface area contributed by atoms with Crippen LogP contribution in [0.3, 0.4) is 0 Å². The lowest BCUT2D eigenvalue weighted by molar-refractivity contribution is 0.849. The third-order valence-corrected chi connectivity index (χ3v) is 5.89. The molecule has 0 amide bonds. The zero-order valence-electron chi connectivity index (χ0n) is 13.0. The highest BCUT2D eigenvalue weighted by Gasteiger charge is 2.14. The van der Waals surface area contributed by atoms with Crippen LogP contribution in [0, 0.1) is 6.92 Å². The molecule has 120 valence electrons.